The maximum absolute atomic E-state index is 13.6. The van der Waals surface area contributed by atoms with Crippen LogP contribution in [0.1, 0.15) is 28.2 Å². The van der Waals surface area contributed by atoms with E-state index in [1.807, 2.05) is 17.2 Å². The van der Waals surface area contributed by atoms with Crippen molar-refractivity contribution in [3.63, 3.8) is 0 Å². The number of anilines is 1. The lowest BCUT2D eigenvalue weighted by molar-refractivity contribution is 0.0769. The van der Waals surface area contributed by atoms with E-state index in [0.29, 0.717) is 46.7 Å². The summed E-state index contributed by atoms with van der Waals surface area (Å²) in [5.41, 5.74) is 3.70. The zero-order chi connectivity index (χ0) is 22.2. The quantitative estimate of drug-likeness (QED) is 0.458. The monoisotopic (exact) mass is 451 g/mol. The maximum Gasteiger partial charge on any atom is 0.259 e. The fourth-order valence-corrected chi connectivity index (χ4v) is 4.86. The number of halogens is 1. The Morgan fingerprint density at radius 2 is 1.91 bits per heavy atom. The molecule has 1 fully saturated rings. The van der Waals surface area contributed by atoms with Crippen molar-refractivity contribution in [2.24, 2.45) is 0 Å². The molecule has 0 bridgehead atoms. The molecule has 32 heavy (non-hydrogen) atoms. The first-order chi connectivity index (χ1) is 15.5. The summed E-state index contributed by atoms with van der Waals surface area (Å²) in [7, 11) is 0. The number of pyridine rings is 1. The predicted molar refractivity (Wildman–Crippen MR) is 122 cm³/mol. The van der Waals surface area contributed by atoms with Gasteiger partial charge in [-0.1, -0.05) is 5.16 Å². The molecule has 1 saturated heterocycles. The third kappa shape index (κ3) is 3.84. The van der Waals surface area contributed by atoms with Crippen LogP contribution in [0, 0.1) is 19.7 Å². The van der Waals surface area contributed by atoms with E-state index in [0.717, 1.165) is 30.3 Å². The summed E-state index contributed by atoms with van der Waals surface area (Å²) in [6, 6.07) is 7.78. The van der Waals surface area contributed by atoms with Gasteiger partial charge < -0.3 is 14.3 Å². The molecule has 164 valence electrons. The number of hydrogen-bond acceptors (Lipinski definition) is 7. The van der Waals surface area contributed by atoms with Gasteiger partial charge in [0.25, 0.3) is 11.6 Å². The molecule has 0 radical (unpaired) electrons. The second-order valence-electron chi connectivity index (χ2n) is 7.91. The molecule has 4 heterocycles. The maximum atomic E-state index is 13.6. The van der Waals surface area contributed by atoms with Gasteiger partial charge in [0.15, 0.2) is 5.13 Å². The number of carbonyl (C=O) groups excluding carboxylic acids is 1. The number of nitrogens with zero attached hydrogens (tertiary/aromatic N) is 5. The largest absolute Gasteiger partial charge is 0.346 e. The van der Waals surface area contributed by atoms with Crippen LogP contribution in [-0.2, 0) is 0 Å². The average molecular weight is 452 g/mol. The molecule has 0 saturated carbocycles. The van der Waals surface area contributed by atoms with E-state index in [4.69, 9.17) is 4.52 Å². The third-order valence-corrected chi connectivity index (χ3v) is 6.67. The molecule has 0 aliphatic carbocycles. The highest BCUT2D eigenvalue weighted by Gasteiger charge is 2.26. The van der Waals surface area contributed by atoms with Gasteiger partial charge in [-0.3, -0.25) is 4.79 Å². The van der Waals surface area contributed by atoms with E-state index in [2.05, 4.69) is 20.0 Å². The minimum Gasteiger partial charge on any atom is -0.346 e. The van der Waals surface area contributed by atoms with E-state index < -0.39 is 0 Å². The highest BCUT2D eigenvalue weighted by molar-refractivity contribution is 7.13. The van der Waals surface area contributed by atoms with E-state index in [-0.39, 0.29) is 11.7 Å². The van der Waals surface area contributed by atoms with Crippen LogP contribution in [-0.4, -0.2) is 52.1 Å². The molecule has 3 aromatic heterocycles. The van der Waals surface area contributed by atoms with Crippen molar-refractivity contribution in [3.8, 4) is 11.3 Å². The van der Waals surface area contributed by atoms with Crippen LogP contribution in [0.4, 0.5) is 9.52 Å². The van der Waals surface area contributed by atoms with Crippen LogP contribution in [0.2, 0.25) is 0 Å². The van der Waals surface area contributed by atoms with Crippen molar-refractivity contribution in [1.82, 2.24) is 20.0 Å². The van der Waals surface area contributed by atoms with Gasteiger partial charge in [-0.15, -0.1) is 11.3 Å². The Morgan fingerprint density at radius 3 is 2.66 bits per heavy atom. The van der Waals surface area contributed by atoms with Gasteiger partial charge in [0.05, 0.1) is 28.0 Å². The summed E-state index contributed by atoms with van der Waals surface area (Å²) in [4.78, 5) is 26.9. The number of rotatable bonds is 3. The van der Waals surface area contributed by atoms with E-state index >= 15 is 0 Å². The first kappa shape index (κ1) is 20.6. The lowest BCUT2D eigenvalue weighted by atomic mass is 10.0. The molecule has 9 heteroatoms. The predicted octanol–water partition coefficient (Wildman–Crippen LogP) is 4.45. The molecule has 1 amide bonds. The molecule has 1 aliphatic rings. The van der Waals surface area contributed by atoms with Crippen LogP contribution >= 0.6 is 11.3 Å². The summed E-state index contributed by atoms with van der Waals surface area (Å²) in [6.07, 6.45) is 0.853. The van der Waals surface area contributed by atoms with Gasteiger partial charge >= 0.3 is 0 Å². The molecule has 1 aliphatic heterocycles. The Bertz CT molecular complexity index is 1280. The number of carbonyl (C=O) groups is 1. The van der Waals surface area contributed by atoms with Crippen molar-refractivity contribution in [2.75, 3.05) is 31.1 Å². The number of amides is 1. The average Bonchev–Trinajstić information content (AvgIpc) is 3.30. The number of aromatic nitrogens is 3. The van der Waals surface area contributed by atoms with Gasteiger partial charge in [-0.25, -0.2) is 14.4 Å². The van der Waals surface area contributed by atoms with E-state index in [9.17, 15) is 9.18 Å². The molecule has 0 spiro atoms. The highest BCUT2D eigenvalue weighted by atomic mass is 32.1. The van der Waals surface area contributed by atoms with Crippen molar-refractivity contribution in [1.29, 1.82) is 0 Å². The number of fused-ring (bicyclic) bond motifs is 1. The Labute approximate surface area is 188 Å². The van der Waals surface area contributed by atoms with Gasteiger partial charge in [0.2, 0.25) is 0 Å². The fraction of sp³-hybridized carbons (Fsp3) is 0.304. The first-order valence-corrected chi connectivity index (χ1v) is 11.4. The summed E-state index contributed by atoms with van der Waals surface area (Å²) in [6.45, 7) is 6.62. The van der Waals surface area contributed by atoms with Gasteiger partial charge in [0.1, 0.15) is 5.82 Å². The van der Waals surface area contributed by atoms with Crippen molar-refractivity contribution in [3.05, 3.63) is 58.5 Å². The second kappa shape index (κ2) is 8.31. The van der Waals surface area contributed by atoms with E-state index in [1.165, 1.54) is 12.1 Å². The minimum absolute atomic E-state index is 0.0794. The number of hydrogen-bond donors (Lipinski definition) is 0. The Morgan fingerprint density at radius 1 is 1.09 bits per heavy atom. The fourth-order valence-electron chi connectivity index (χ4n) is 4.00. The number of benzene rings is 1. The molecule has 0 N–H and O–H groups in total. The number of thiazole rings is 1. The molecule has 0 unspecified atom stereocenters. The van der Waals surface area contributed by atoms with Crippen molar-refractivity contribution >= 4 is 33.5 Å². The SMILES string of the molecule is Cc1csc(N2CCCN(C(=O)c3cc(-c4ccc(F)cc4)nc4onc(C)c34)CC2)n1. The van der Waals surface area contributed by atoms with Crippen molar-refractivity contribution in [2.45, 2.75) is 20.3 Å². The van der Waals surface area contributed by atoms with Crippen molar-refractivity contribution < 1.29 is 13.7 Å². The topological polar surface area (TPSA) is 75.4 Å². The normalized spacial score (nSPS) is 14.7. The molecule has 7 nitrogen and oxygen atoms in total. The molecule has 0 atom stereocenters. The van der Waals surface area contributed by atoms with Crippen LogP contribution in [0.15, 0.2) is 40.2 Å². The molecule has 5 rings (SSSR count). The first-order valence-electron chi connectivity index (χ1n) is 10.5. The standard InChI is InChI=1S/C23H22FN5O2S/c1-14-13-32-23(25-14)29-9-3-8-28(10-11-29)22(30)18-12-19(16-4-6-17(24)7-5-16)26-21-20(18)15(2)27-31-21/h4-7,12-13H,3,8-11H2,1-2H3. The zero-order valence-electron chi connectivity index (χ0n) is 17.8. The number of aryl methyl sites for hydroxylation is 2. The van der Waals surface area contributed by atoms with Crippen LogP contribution < -0.4 is 4.90 Å². The lowest BCUT2D eigenvalue weighted by Crippen LogP contribution is -2.35. The third-order valence-electron chi connectivity index (χ3n) is 5.65. The molecular formula is C23H22FN5O2S. The summed E-state index contributed by atoms with van der Waals surface area (Å²) in [5.74, 6) is -0.407. The Hall–Kier alpha value is -3.33. The van der Waals surface area contributed by atoms with Crippen LogP contribution in [0.5, 0.6) is 0 Å². The van der Waals surface area contributed by atoms with Gasteiger partial charge in [-0.05, 0) is 50.6 Å². The molecule has 4 aromatic rings. The smallest absolute Gasteiger partial charge is 0.259 e. The molecule has 1 aromatic carbocycles. The minimum atomic E-state index is -0.328. The van der Waals surface area contributed by atoms with Crippen LogP contribution in [0.25, 0.3) is 22.4 Å². The summed E-state index contributed by atoms with van der Waals surface area (Å²) in [5, 5.41) is 7.69. The molecular weight excluding hydrogens is 429 g/mol. The Balaban J connectivity index is 1.47. The zero-order valence-corrected chi connectivity index (χ0v) is 18.7. The van der Waals surface area contributed by atoms with Crippen LogP contribution in [0.3, 0.4) is 0 Å². The van der Waals surface area contributed by atoms with Gasteiger partial charge in [0, 0.05) is 37.1 Å². The highest BCUT2D eigenvalue weighted by Crippen LogP contribution is 2.29. The summed E-state index contributed by atoms with van der Waals surface area (Å²) < 4.78 is 18.8. The Kier molecular flexibility index (Phi) is 5.34. The van der Waals surface area contributed by atoms with E-state index in [1.54, 1.807) is 36.5 Å². The second-order valence-corrected chi connectivity index (χ2v) is 8.75. The lowest BCUT2D eigenvalue weighted by Gasteiger charge is -2.22. The summed E-state index contributed by atoms with van der Waals surface area (Å²) >= 11 is 1.63. The van der Waals surface area contributed by atoms with Gasteiger partial charge in [-0.2, -0.15) is 0 Å².